The van der Waals surface area contributed by atoms with Gasteiger partial charge in [-0.05, 0) is 32.2 Å². The summed E-state index contributed by atoms with van der Waals surface area (Å²) < 4.78 is 0. The molecule has 0 fully saturated rings. The van der Waals surface area contributed by atoms with Gasteiger partial charge in [-0.15, -0.1) is 6.58 Å². The Morgan fingerprint density at radius 2 is 2.00 bits per heavy atom. The molecular formula is C9H20N2. The zero-order valence-electron chi connectivity index (χ0n) is 7.26. The van der Waals surface area contributed by atoms with Crippen molar-refractivity contribution in [2.45, 2.75) is 38.1 Å². The monoisotopic (exact) mass is 156 g/mol. The Hall–Kier alpha value is -0.340. The van der Waals surface area contributed by atoms with Crippen LogP contribution in [0, 0.1) is 0 Å². The normalized spacial score (nSPS) is 12.9. The molecule has 0 bridgehead atoms. The molecular weight excluding hydrogens is 136 g/mol. The van der Waals surface area contributed by atoms with Gasteiger partial charge in [0.15, 0.2) is 0 Å². The molecule has 0 aliphatic rings. The van der Waals surface area contributed by atoms with Crippen LogP contribution in [0.2, 0.25) is 0 Å². The summed E-state index contributed by atoms with van der Waals surface area (Å²) in [4.78, 5) is 0. The highest BCUT2D eigenvalue weighted by Crippen LogP contribution is 2.03. The quantitative estimate of drug-likeness (QED) is 0.432. The van der Waals surface area contributed by atoms with Gasteiger partial charge in [0.05, 0.1) is 0 Å². The third-order valence-electron chi connectivity index (χ3n) is 1.77. The molecule has 0 spiro atoms. The van der Waals surface area contributed by atoms with Gasteiger partial charge in [-0.2, -0.15) is 0 Å². The van der Waals surface area contributed by atoms with Gasteiger partial charge in [0.2, 0.25) is 0 Å². The molecule has 0 saturated heterocycles. The molecule has 0 amide bonds. The van der Waals surface area contributed by atoms with E-state index in [4.69, 9.17) is 11.5 Å². The van der Waals surface area contributed by atoms with Crippen LogP contribution in [0.15, 0.2) is 12.7 Å². The first-order valence-corrected chi connectivity index (χ1v) is 4.37. The summed E-state index contributed by atoms with van der Waals surface area (Å²) >= 11 is 0. The van der Waals surface area contributed by atoms with E-state index >= 15 is 0 Å². The molecule has 66 valence electrons. The van der Waals surface area contributed by atoms with Gasteiger partial charge in [0, 0.05) is 6.04 Å². The van der Waals surface area contributed by atoms with Crippen molar-refractivity contribution in [3.63, 3.8) is 0 Å². The Morgan fingerprint density at radius 3 is 2.55 bits per heavy atom. The van der Waals surface area contributed by atoms with Crippen molar-refractivity contribution in [2.24, 2.45) is 11.5 Å². The van der Waals surface area contributed by atoms with Crippen molar-refractivity contribution < 1.29 is 0 Å². The van der Waals surface area contributed by atoms with Crippen LogP contribution >= 0.6 is 0 Å². The van der Waals surface area contributed by atoms with Crippen LogP contribution in [0.5, 0.6) is 0 Å². The average Bonchev–Trinajstić information content (AvgIpc) is 1.99. The topological polar surface area (TPSA) is 52.0 Å². The highest BCUT2D eigenvalue weighted by Gasteiger charge is 1.98. The second-order valence-corrected chi connectivity index (χ2v) is 2.91. The molecule has 0 heterocycles. The number of allylic oxidation sites excluding steroid dienone is 1. The van der Waals surface area contributed by atoms with Gasteiger partial charge in [-0.3, -0.25) is 0 Å². The van der Waals surface area contributed by atoms with Crippen LogP contribution in [-0.4, -0.2) is 12.6 Å². The van der Waals surface area contributed by atoms with Gasteiger partial charge >= 0.3 is 0 Å². The minimum absolute atomic E-state index is 0.310. The molecule has 2 nitrogen and oxygen atoms in total. The van der Waals surface area contributed by atoms with Crippen molar-refractivity contribution in [3.8, 4) is 0 Å². The van der Waals surface area contributed by atoms with Gasteiger partial charge in [-0.25, -0.2) is 0 Å². The van der Waals surface area contributed by atoms with Gasteiger partial charge < -0.3 is 11.5 Å². The van der Waals surface area contributed by atoms with Crippen molar-refractivity contribution in [1.82, 2.24) is 0 Å². The molecule has 0 aromatic carbocycles. The Kier molecular flexibility index (Phi) is 7.52. The fraction of sp³-hybridized carbons (Fsp3) is 0.778. The zero-order valence-corrected chi connectivity index (χ0v) is 7.26. The van der Waals surface area contributed by atoms with Crippen molar-refractivity contribution in [1.29, 1.82) is 0 Å². The lowest BCUT2D eigenvalue weighted by molar-refractivity contribution is 0.539. The first-order valence-electron chi connectivity index (χ1n) is 4.37. The number of hydrogen-bond acceptors (Lipinski definition) is 2. The predicted molar refractivity (Wildman–Crippen MR) is 50.3 cm³/mol. The molecule has 4 N–H and O–H groups in total. The fourth-order valence-electron chi connectivity index (χ4n) is 1.05. The van der Waals surface area contributed by atoms with Crippen molar-refractivity contribution >= 4 is 0 Å². The summed E-state index contributed by atoms with van der Waals surface area (Å²) in [5.41, 5.74) is 11.1. The van der Waals surface area contributed by atoms with E-state index in [0.29, 0.717) is 12.6 Å². The third-order valence-corrected chi connectivity index (χ3v) is 1.77. The van der Waals surface area contributed by atoms with Crippen LogP contribution in [-0.2, 0) is 0 Å². The molecule has 0 rings (SSSR count). The highest BCUT2D eigenvalue weighted by molar-refractivity contribution is 4.67. The van der Waals surface area contributed by atoms with E-state index in [1.165, 1.54) is 12.8 Å². The zero-order chi connectivity index (χ0) is 8.53. The van der Waals surface area contributed by atoms with Gasteiger partial charge in [0.1, 0.15) is 0 Å². The smallest absolute Gasteiger partial charge is 0.00508 e. The van der Waals surface area contributed by atoms with Crippen LogP contribution in [0.3, 0.4) is 0 Å². The molecule has 2 heteroatoms. The lowest BCUT2D eigenvalue weighted by Gasteiger charge is -2.08. The second-order valence-electron chi connectivity index (χ2n) is 2.91. The predicted octanol–water partition coefficient (Wildman–Crippen LogP) is 1.41. The summed E-state index contributed by atoms with van der Waals surface area (Å²) in [6.07, 6.45) is 7.53. The fourth-order valence-corrected chi connectivity index (χ4v) is 1.05. The Morgan fingerprint density at radius 1 is 1.27 bits per heavy atom. The van der Waals surface area contributed by atoms with E-state index in [0.717, 1.165) is 19.3 Å². The van der Waals surface area contributed by atoms with E-state index < -0.39 is 0 Å². The van der Waals surface area contributed by atoms with E-state index in [9.17, 15) is 0 Å². The summed E-state index contributed by atoms with van der Waals surface area (Å²) in [6, 6.07) is 0.310. The average molecular weight is 156 g/mol. The number of hydrogen-bond donors (Lipinski definition) is 2. The minimum Gasteiger partial charge on any atom is -0.330 e. The first-order chi connectivity index (χ1) is 5.31. The first kappa shape index (κ1) is 10.7. The Bertz CT molecular complexity index is 91.6. The Balaban J connectivity index is 3.03. The molecule has 0 aromatic rings. The number of unbranched alkanes of at least 4 members (excludes halogenated alkanes) is 2. The highest BCUT2D eigenvalue weighted by atomic mass is 14.6. The molecule has 1 atom stereocenters. The summed E-state index contributed by atoms with van der Waals surface area (Å²) in [7, 11) is 0. The molecule has 0 radical (unpaired) electrons. The molecule has 1 unspecified atom stereocenters. The molecule has 0 saturated carbocycles. The summed E-state index contributed by atoms with van der Waals surface area (Å²) in [5.74, 6) is 0. The second kappa shape index (κ2) is 7.76. The van der Waals surface area contributed by atoms with Crippen molar-refractivity contribution in [2.75, 3.05) is 6.54 Å². The largest absolute Gasteiger partial charge is 0.330 e. The maximum atomic E-state index is 5.76. The van der Waals surface area contributed by atoms with Crippen LogP contribution < -0.4 is 11.5 Å². The maximum Gasteiger partial charge on any atom is 0.00508 e. The Labute approximate surface area is 69.6 Å². The standard InChI is InChI=1S/C9H20N2/c1-2-3-4-5-6-9(11)7-8-10/h2,9H,1,3-8,10-11H2. The van der Waals surface area contributed by atoms with E-state index in [2.05, 4.69) is 6.58 Å². The SMILES string of the molecule is C=CCCCCC(N)CCN. The summed E-state index contributed by atoms with van der Waals surface area (Å²) in [6.45, 7) is 4.37. The van der Waals surface area contributed by atoms with E-state index in [-0.39, 0.29) is 0 Å². The molecule has 11 heavy (non-hydrogen) atoms. The van der Waals surface area contributed by atoms with Gasteiger partial charge in [-0.1, -0.05) is 12.5 Å². The van der Waals surface area contributed by atoms with E-state index in [1.807, 2.05) is 6.08 Å². The molecule has 0 aliphatic heterocycles. The molecule has 0 aromatic heterocycles. The maximum absolute atomic E-state index is 5.76. The third kappa shape index (κ3) is 7.56. The van der Waals surface area contributed by atoms with Crippen LogP contribution in [0.1, 0.15) is 32.1 Å². The van der Waals surface area contributed by atoms with Crippen LogP contribution in [0.4, 0.5) is 0 Å². The minimum atomic E-state index is 0.310. The lowest BCUT2D eigenvalue weighted by Crippen LogP contribution is -2.23. The lowest BCUT2D eigenvalue weighted by atomic mass is 10.1. The molecule has 0 aliphatic carbocycles. The van der Waals surface area contributed by atoms with Gasteiger partial charge in [0.25, 0.3) is 0 Å². The van der Waals surface area contributed by atoms with E-state index in [1.54, 1.807) is 0 Å². The number of rotatable bonds is 7. The summed E-state index contributed by atoms with van der Waals surface area (Å²) in [5, 5.41) is 0. The number of nitrogens with two attached hydrogens (primary N) is 2. The van der Waals surface area contributed by atoms with Crippen molar-refractivity contribution in [3.05, 3.63) is 12.7 Å². The van der Waals surface area contributed by atoms with Crippen LogP contribution in [0.25, 0.3) is 0 Å².